The van der Waals surface area contributed by atoms with Crippen LogP contribution < -0.4 is 5.32 Å². The third kappa shape index (κ3) is 3.85. The van der Waals surface area contributed by atoms with E-state index in [4.69, 9.17) is 0 Å². The fraction of sp³-hybridized carbons (Fsp3) is 0.500. The van der Waals surface area contributed by atoms with Gasteiger partial charge in [-0.1, -0.05) is 18.6 Å². The molecule has 0 amide bonds. The van der Waals surface area contributed by atoms with Gasteiger partial charge in [0.25, 0.3) is 0 Å². The molecule has 1 fully saturated rings. The highest BCUT2D eigenvalue weighted by molar-refractivity contribution is 5.29. The molecule has 1 atom stereocenters. The number of nitrogens with one attached hydrogen (secondary N) is 1. The van der Waals surface area contributed by atoms with Gasteiger partial charge >= 0.3 is 0 Å². The van der Waals surface area contributed by atoms with Crippen LogP contribution in [0.25, 0.3) is 0 Å². The van der Waals surface area contributed by atoms with Gasteiger partial charge in [-0.3, -0.25) is 9.88 Å². The van der Waals surface area contributed by atoms with Crippen molar-refractivity contribution in [1.29, 1.82) is 5.26 Å². The Morgan fingerprint density at radius 3 is 2.62 bits per heavy atom. The molecule has 1 unspecified atom stereocenters. The molecule has 4 heteroatoms. The van der Waals surface area contributed by atoms with E-state index >= 15 is 0 Å². The topological polar surface area (TPSA) is 52.0 Å². The first-order valence-corrected chi connectivity index (χ1v) is 8.77. The lowest BCUT2D eigenvalue weighted by molar-refractivity contribution is 0.269. The van der Waals surface area contributed by atoms with E-state index in [-0.39, 0.29) is 5.54 Å². The molecular formula is C20H26N4. The minimum Gasteiger partial charge on any atom is -0.371 e. The van der Waals surface area contributed by atoms with Crippen LogP contribution in [0.3, 0.4) is 0 Å². The Labute approximate surface area is 144 Å². The van der Waals surface area contributed by atoms with Crippen molar-refractivity contribution in [1.82, 2.24) is 15.2 Å². The van der Waals surface area contributed by atoms with Crippen molar-refractivity contribution in [3.05, 3.63) is 53.5 Å². The molecular weight excluding hydrogens is 296 g/mol. The largest absolute Gasteiger partial charge is 0.371 e. The molecule has 24 heavy (non-hydrogen) atoms. The predicted molar refractivity (Wildman–Crippen MR) is 95.8 cm³/mol. The number of hydrogen-bond acceptors (Lipinski definition) is 4. The van der Waals surface area contributed by atoms with Crippen LogP contribution in [0, 0.1) is 17.2 Å². The third-order valence-corrected chi connectivity index (χ3v) is 5.13. The van der Waals surface area contributed by atoms with Gasteiger partial charge in [0.15, 0.2) is 0 Å². The third-order valence-electron chi connectivity index (χ3n) is 5.13. The minimum absolute atomic E-state index is 0.297. The summed E-state index contributed by atoms with van der Waals surface area (Å²) in [5.74, 6) is 0.508. The molecule has 2 aliphatic carbocycles. The Bertz CT molecular complexity index is 665. The maximum absolute atomic E-state index is 9.38. The lowest BCUT2D eigenvalue weighted by Crippen LogP contribution is -2.49. The molecule has 0 saturated heterocycles. The Balaban J connectivity index is 1.59. The van der Waals surface area contributed by atoms with E-state index in [0.29, 0.717) is 5.92 Å². The summed E-state index contributed by atoms with van der Waals surface area (Å²) in [6, 6.07) is 6.59. The minimum atomic E-state index is -0.297. The monoisotopic (exact) mass is 322 g/mol. The first-order chi connectivity index (χ1) is 11.6. The highest BCUT2D eigenvalue weighted by Gasteiger charge is 2.37. The van der Waals surface area contributed by atoms with Gasteiger partial charge in [-0.25, -0.2) is 0 Å². The summed E-state index contributed by atoms with van der Waals surface area (Å²) in [5, 5.41) is 12.9. The van der Waals surface area contributed by atoms with E-state index in [9.17, 15) is 5.26 Å². The van der Waals surface area contributed by atoms with Gasteiger partial charge in [-0.05, 0) is 62.4 Å². The zero-order valence-corrected chi connectivity index (χ0v) is 14.6. The fourth-order valence-electron chi connectivity index (χ4n) is 3.47. The highest BCUT2D eigenvalue weighted by atomic mass is 15.1. The number of hydrogen-bond donors (Lipinski definition) is 1. The number of rotatable bonds is 6. The van der Waals surface area contributed by atoms with Gasteiger partial charge in [0, 0.05) is 31.2 Å². The summed E-state index contributed by atoms with van der Waals surface area (Å²) >= 11 is 0. The number of likely N-dealkylation sites (N-methyl/N-ethyl adjacent to an activating group) is 1. The zero-order valence-electron chi connectivity index (χ0n) is 14.6. The molecule has 4 nitrogen and oxygen atoms in total. The molecule has 126 valence electrons. The van der Waals surface area contributed by atoms with Gasteiger partial charge in [-0.15, -0.1) is 0 Å². The van der Waals surface area contributed by atoms with Crippen LogP contribution in [0.2, 0.25) is 0 Å². The van der Waals surface area contributed by atoms with E-state index < -0.39 is 0 Å². The fourth-order valence-corrected chi connectivity index (χ4v) is 3.47. The first-order valence-electron chi connectivity index (χ1n) is 8.77. The molecule has 0 aliphatic heterocycles. The molecule has 0 bridgehead atoms. The van der Waals surface area contributed by atoms with Gasteiger partial charge in [-0.2, -0.15) is 5.26 Å². The van der Waals surface area contributed by atoms with Crippen molar-refractivity contribution in [2.75, 3.05) is 13.6 Å². The number of nitriles is 1. The van der Waals surface area contributed by atoms with E-state index in [1.54, 1.807) is 0 Å². The summed E-state index contributed by atoms with van der Waals surface area (Å²) in [7, 11) is 2.16. The van der Waals surface area contributed by atoms with Crippen molar-refractivity contribution in [3.63, 3.8) is 0 Å². The van der Waals surface area contributed by atoms with Crippen LogP contribution >= 0.6 is 0 Å². The number of nitrogens with zero attached hydrogens (tertiary/aromatic N) is 3. The van der Waals surface area contributed by atoms with Crippen LogP contribution in [0.1, 0.15) is 38.2 Å². The quantitative estimate of drug-likeness (QED) is 0.872. The van der Waals surface area contributed by atoms with Crippen molar-refractivity contribution in [2.45, 2.75) is 44.7 Å². The molecule has 1 N–H and O–H groups in total. The van der Waals surface area contributed by atoms with Crippen LogP contribution in [-0.4, -0.2) is 29.0 Å². The maximum atomic E-state index is 9.38. The molecule has 2 aliphatic rings. The summed E-state index contributed by atoms with van der Waals surface area (Å²) in [6.07, 6.45) is 12.2. The SMILES string of the molecule is CC1CC(NC2(C#N)CCC2)=CC=C1CN(C)Cc1ccncc1. The Hall–Kier alpha value is -2.12. The van der Waals surface area contributed by atoms with Crippen LogP contribution in [0.4, 0.5) is 0 Å². The maximum Gasteiger partial charge on any atom is 0.125 e. The normalized spacial score (nSPS) is 22.2. The van der Waals surface area contributed by atoms with Gasteiger partial charge in [0.1, 0.15) is 5.54 Å². The van der Waals surface area contributed by atoms with E-state index in [0.717, 1.165) is 38.8 Å². The average Bonchev–Trinajstić information content (AvgIpc) is 2.54. The molecule has 0 spiro atoms. The molecule has 1 saturated carbocycles. The van der Waals surface area contributed by atoms with E-state index in [1.165, 1.54) is 16.8 Å². The second-order valence-corrected chi connectivity index (χ2v) is 7.24. The van der Waals surface area contributed by atoms with Crippen molar-refractivity contribution in [3.8, 4) is 6.07 Å². The number of aromatic nitrogens is 1. The van der Waals surface area contributed by atoms with Crippen LogP contribution in [0.15, 0.2) is 47.9 Å². The Morgan fingerprint density at radius 1 is 1.29 bits per heavy atom. The highest BCUT2D eigenvalue weighted by Crippen LogP contribution is 2.34. The predicted octanol–water partition coefficient (Wildman–Crippen LogP) is 3.40. The van der Waals surface area contributed by atoms with Gasteiger partial charge in [0.2, 0.25) is 0 Å². The second-order valence-electron chi connectivity index (χ2n) is 7.24. The lowest BCUT2D eigenvalue weighted by Gasteiger charge is -2.39. The Kier molecular flexibility index (Phi) is 5.01. The van der Waals surface area contributed by atoms with Gasteiger partial charge in [0.05, 0.1) is 6.07 Å². The smallest absolute Gasteiger partial charge is 0.125 e. The standard InChI is InChI=1S/C20H26N4/c1-16-12-19(23-20(15-21)8-3-9-20)5-4-18(16)14-24(2)13-17-6-10-22-11-7-17/h4-7,10-11,16,23H,3,8-9,12-14H2,1-2H3. The Morgan fingerprint density at radius 2 is 2.04 bits per heavy atom. The van der Waals surface area contributed by atoms with Gasteiger partial charge < -0.3 is 5.32 Å². The summed E-state index contributed by atoms with van der Waals surface area (Å²) in [4.78, 5) is 6.41. The van der Waals surface area contributed by atoms with Crippen molar-refractivity contribution >= 4 is 0 Å². The molecule has 3 rings (SSSR count). The molecule has 0 radical (unpaired) electrons. The molecule has 1 aromatic heterocycles. The number of pyridine rings is 1. The van der Waals surface area contributed by atoms with E-state index in [2.05, 4.69) is 59.5 Å². The molecule has 0 aromatic carbocycles. The molecule has 1 aromatic rings. The molecule has 1 heterocycles. The summed E-state index contributed by atoms with van der Waals surface area (Å²) in [6.45, 7) is 4.18. The second kappa shape index (κ2) is 7.19. The summed E-state index contributed by atoms with van der Waals surface area (Å²) < 4.78 is 0. The first kappa shape index (κ1) is 16.7. The van der Waals surface area contributed by atoms with Crippen molar-refractivity contribution in [2.24, 2.45) is 5.92 Å². The lowest BCUT2D eigenvalue weighted by atomic mass is 9.77. The van der Waals surface area contributed by atoms with E-state index in [1.807, 2.05) is 12.4 Å². The zero-order chi connectivity index (χ0) is 17.0. The van der Waals surface area contributed by atoms with Crippen molar-refractivity contribution < 1.29 is 0 Å². The van der Waals surface area contributed by atoms with Crippen LogP contribution in [-0.2, 0) is 6.54 Å². The number of allylic oxidation sites excluding steroid dienone is 3. The summed E-state index contributed by atoms with van der Waals surface area (Å²) in [5.41, 5.74) is 3.66. The van der Waals surface area contributed by atoms with Crippen LogP contribution in [0.5, 0.6) is 0 Å². The average molecular weight is 322 g/mol.